The largest absolute Gasteiger partial charge is 0.480 e. The van der Waals surface area contributed by atoms with Crippen LogP contribution in [0.15, 0.2) is 0 Å². The molecule has 2 N–H and O–H groups in total. The fourth-order valence-electron chi connectivity index (χ4n) is 1.41. The fourth-order valence-corrected chi connectivity index (χ4v) is 1.41. The first-order valence-electron chi connectivity index (χ1n) is 4.20. The molecule has 0 radical (unpaired) electrons. The van der Waals surface area contributed by atoms with Crippen LogP contribution in [-0.4, -0.2) is 23.2 Å². The normalized spacial score (nSPS) is 29.5. The third-order valence-electron chi connectivity index (χ3n) is 2.38. The molecule has 1 aliphatic rings. The molecule has 0 spiro atoms. The number of carboxylic acid groups (broad SMARTS) is 1. The second kappa shape index (κ2) is 3.22. The molecule has 1 heterocycles. The zero-order valence-electron chi connectivity index (χ0n) is 6.89. The van der Waals surface area contributed by atoms with Gasteiger partial charge in [0.2, 0.25) is 0 Å². The summed E-state index contributed by atoms with van der Waals surface area (Å²) in [6.07, 6.45) is 3.64. The van der Waals surface area contributed by atoms with Crippen molar-refractivity contribution in [2.45, 2.75) is 38.1 Å². The first kappa shape index (κ1) is 8.53. The van der Waals surface area contributed by atoms with Gasteiger partial charge in [0.1, 0.15) is 5.54 Å². The summed E-state index contributed by atoms with van der Waals surface area (Å²) in [4.78, 5) is 10.7. The highest BCUT2D eigenvalue weighted by Gasteiger charge is 2.42. The summed E-state index contributed by atoms with van der Waals surface area (Å²) >= 11 is 0. The number of carbonyl (C=O) groups is 1. The minimum Gasteiger partial charge on any atom is -0.480 e. The topological polar surface area (TPSA) is 49.3 Å². The van der Waals surface area contributed by atoms with Crippen LogP contribution in [0.1, 0.15) is 32.6 Å². The molecule has 1 saturated heterocycles. The van der Waals surface area contributed by atoms with E-state index in [0.29, 0.717) is 0 Å². The van der Waals surface area contributed by atoms with Gasteiger partial charge in [0.15, 0.2) is 0 Å². The Bertz CT molecular complexity index is 152. The van der Waals surface area contributed by atoms with Crippen LogP contribution in [0.5, 0.6) is 0 Å². The Morgan fingerprint density at radius 2 is 2.36 bits per heavy atom. The molecule has 0 aliphatic carbocycles. The van der Waals surface area contributed by atoms with E-state index < -0.39 is 11.5 Å². The minimum atomic E-state index is -0.683. The Labute approximate surface area is 66.8 Å². The van der Waals surface area contributed by atoms with Gasteiger partial charge < -0.3 is 10.4 Å². The highest BCUT2D eigenvalue weighted by Crippen LogP contribution is 2.25. The number of carboxylic acids is 1. The van der Waals surface area contributed by atoms with Gasteiger partial charge >= 0.3 is 5.97 Å². The third kappa shape index (κ3) is 1.53. The molecule has 0 aromatic carbocycles. The molecule has 0 saturated carbocycles. The molecule has 1 fully saturated rings. The molecule has 3 nitrogen and oxygen atoms in total. The van der Waals surface area contributed by atoms with E-state index in [0.717, 1.165) is 32.2 Å². The van der Waals surface area contributed by atoms with Gasteiger partial charge in [0, 0.05) is 0 Å². The van der Waals surface area contributed by atoms with Crippen LogP contribution in [0.4, 0.5) is 0 Å². The van der Waals surface area contributed by atoms with Crippen molar-refractivity contribution in [3.63, 3.8) is 0 Å². The second-order valence-corrected chi connectivity index (χ2v) is 3.17. The standard InChI is InChI=1S/C8H15NO2/c1-2-3-4-8(7(10)11)5-6-9-8/h9H,2-6H2,1H3,(H,10,11)/t8-/m0/s1. The molecule has 1 rings (SSSR count). The predicted molar refractivity (Wildman–Crippen MR) is 42.5 cm³/mol. The molecule has 0 unspecified atom stereocenters. The number of hydrogen-bond acceptors (Lipinski definition) is 2. The van der Waals surface area contributed by atoms with Gasteiger partial charge in [-0.3, -0.25) is 4.79 Å². The van der Waals surface area contributed by atoms with E-state index in [1.807, 2.05) is 0 Å². The van der Waals surface area contributed by atoms with Crippen molar-refractivity contribution < 1.29 is 9.90 Å². The van der Waals surface area contributed by atoms with Crippen LogP contribution in [0.3, 0.4) is 0 Å². The molecule has 64 valence electrons. The van der Waals surface area contributed by atoms with Gasteiger partial charge in [-0.1, -0.05) is 19.8 Å². The van der Waals surface area contributed by atoms with E-state index in [9.17, 15) is 4.79 Å². The van der Waals surface area contributed by atoms with Gasteiger partial charge in [-0.15, -0.1) is 0 Å². The summed E-state index contributed by atoms with van der Waals surface area (Å²) in [5.41, 5.74) is -0.560. The van der Waals surface area contributed by atoms with Crippen molar-refractivity contribution >= 4 is 5.97 Å². The lowest BCUT2D eigenvalue weighted by Crippen LogP contribution is -2.62. The Morgan fingerprint density at radius 1 is 1.73 bits per heavy atom. The molecular weight excluding hydrogens is 142 g/mol. The van der Waals surface area contributed by atoms with E-state index in [4.69, 9.17) is 5.11 Å². The van der Waals surface area contributed by atoms with Crippen molar-refractivity contribution in [2.75, 3.05) is 6.54 Å². The average Bonchev–Trinajstić information content (AvgIpc) is 1.85. The average molecular weight is 157 g/mol. The predicted octanol–water partition coefficient (Wildman–Crippen LogP) is 0.993. The summed E-state index contributed by atoms with van der Waals surface area (Å²) in [5, 5.41) is 11.8. The molecule has 0 bridgehead atoms. The van der Waals surface area contributed by atoms with Gasteiger partial charge in [-0.05, 0) is 19.4 Å². The highest BCUT2D eigenvalue weighted by atomic mass is 16.4. The third-order valence-corrected chi connectivity index (χ3v) is 2.38. The van der Waals surface area contributed by atoms with Gasteiger partial charge in [0.25, 0.3) is 0 Å². The van der Waals surface area contributed by atoms with Crippen molar-refractivity contribution in [3.8, 4) is 0 Å². The zero-order chi connectivity index (χ0) is 8.32. The summed E-state index contributed by atoms with van der Waals surface area (Å²) in [6, 6.07) is 0. The molecule has 0 aromatic heterocycles. The van der Waals surface area contributed by atoms with Crippen LogP contribution in [-0.2, 0) is 4.79 Å². The summed E-state index contributed by atoms with van der Waals surface area (Å²) in [7, 11) is 0. The lowest BCUT2D eigenvalue weighted by atomic mass is 9.83. The van der Waals surface area contributed by atoms with Crippen molar-refractivity contribution in [1.29, 1.82) is 0 Å². The lowest BCUT2D eigenvalue weighted by Gasteiger charge is -2.39. The Morgan fingerprint density at radius 3 is 2.64 bits per heavy atom. The summed E-state index contributed by atoms with van der Waals surface area (Å²) in [6.45, 7) is 2.93. The molecule has 11 heavy (non-hydrogen) atoms. The van der Waals surface area contributed by atoms with E-state index in [-0.39, 0.29) is 0 Å². The Hall–Kier alpha value is -0.570. The van der Waals surface area contributed by atoms with Crippen LogP contribution in [0.25, 0.3) is 0 Å². The number of aliphatic carboxylic acids is 1. The Balaban J connectivity index is 2.40. The highest BCUT2D eigenvalue weighted by molar-refractivity contribution is 5.80. The molecule has 1 atom stereocenters. The minimum absolute atomic E-state index is 0.560. The fraction of sp³-hybridized carbons (Fsp3) is 0.875. The smallest absolute Gasteiger partial charge is 0.323 e. The van der Waals surface area contributed by atoms with Crippen LogP contribution < -0.4 is 5.32 Å². The summed E-state index contributed by atoms with van der Waals surface area (Å²) in [5.74, 6) is -0.683. The number of hydrogen-bond donors (Lipinski definition) is 2. The molecule has 0 amide bonds. The molecule has 3 heteroatoms. The van der Waals surface area contributed by atoms with Crippen LogP contribution in [0, 0.1) is 0 Å². The molecular formula is C8H15NO2. The van der Waals surface area contributed by atoms with Crippen LogP contribution >= 0.6 is 0 Å². The summed E-state index contributed by atoms with van der Waals surface area (Å²) < 4.78 is 0. The van der Waals surface area contributed by atoms with E-state index >= 15 is 0 Å². The van der Waals surface area contributed by atoms with Crippen molar-refractivity contribution in [2.24, 2.45) is 0 Å². The van der Waals surface area contributed by atoms with Crippen LogP contribution in [0.2, 0.25) is 0 Å². The molecule has 0 aromatic rings. The number of rotatable bonds is 4. The molecule has 1 aliphatic heterocycles. The van der Waals surface area contributed by atoms with Gasteiger partial charge in [-0.2, -0.15) is 0 Å². The first-order valence-corrected chi connectivity index (χ1v) is 4.20. The van der Waals surface area contributed by atoms with Gasteiger partial charge in [-0.25, -0.2) is 0 Å². The van der Waals surface area contributed by atoms with Crippen molar-refractivity contribution in [1.82, 2.24) is 5.32 Å². The Kier molecular flexibility index (Phi) is 2.49. The maximum absolute atomic E-state index is 10.7. The number of nitrogens with one attached hydrogen (secondary N) is 1. The van der Waals surface area contributed by atoms with E-state index in [2.05, 4.69) is 12.2 Å². The zero-order valence-corrected chi connectivity index (χ0v) is 6.89. The lowest BCUT2D eigenvalue weighted by molar-refractivity contribution is -0.148. The van der Waals surface area contributed by atoms with Crippen molar-refractivity contribution in [3.05, 3.63) is 0 Å². The number of unbranched alkanes of at least 4 members (excludes halogenated alkanes) is 1. The second-order valence-electron chi connectivity index (χ2n) is 3.17. The maximum Gasteiger partial charge on any atom is 0.323 e. The van der Waals surface area contributed by atoms with Gasteiger partial charge in [0.05, 0.1) is 0 Å². The van der Waals surface area contributed by atoms with E-state index in [1.54, 1.807) is 0 Å². The monoisotopic (exact) mass is 157 g/mol. The maximum atomic E-state index is 10.7. The SMILES string of the molecule is CCCC[C@@]1(C(=O)O)CCN1. The first-order chi connectivity index (χ1) is 5.21. The van der Waals surface area contributed by atoms with E-state index in [1.165, 1.54) is 0 Å². The quantitative estimate of drug-likeness (QED) is 0.640.